The molecule has 0 saturated carbocycles. The Morgan fingerprint density at radius 2 is 1.79 bits per heavy atom. The fourth-order valence-corrected chi connectivity index (χ4v) is 2.31. The average Bonchev–Trinajstić information content (AvgIpc) is 2.54. The number of amides is 1. The Labute approximate surface area is 142 Å². The number of rotatable bonds is 6. The van der Waals surface area contributed by atoms with E-state index in [0.717, 1.165) is 11.6 Å². The molecule has 0 spiro atoms. The minimum Gasteiger partial charge on any atom is -0.376 e. The second-order valence-electron chi connectivity index (χ2n) is 5.13. The zero-order valence-corrected chi connectivity index (χ0v) is 13.4. The highest BCUT2D eigenvalue weighted by Crippen LogP contribution is 2.36. The molecule has 0 saturated heterocycles. The molecule has 0 heterocycles. The van der Waals surface area contributed by atoms with Crippen LogP contribution in [-0.4, -0.2) is 19.0 Å². The predicted octanol–water partition coefficient (Wildman–Crippen LogP) is 4.13. The highest BCUT2D eigenvalue weighted by molar-refractivity contribution is 6.30. The summed E-state index contributed by atoms with van der Waals surface area (Å²) in [4.78, 5) is 11.8. The summed E-state index contributed by atoms with van der Waals surface area (Å²) < 4.78 is 38.8. The number of nitrogens with one attached hydrogen (secondary N) is 2. The number of carbonyl (C=O) groups is 1. The summed E-state index contributed by atoms with van der Waals surface area (Å²) in [5.41, 5.74) is 0.0000121. The summed E-state index contributed by atoms with van der Waals surface area (Å²) in [6.45, 7) is 0.163. The average molecular weight is 357 g/mol. The van der Waals surface area contributed by atoms with Gasteiger partial charge in [0.05, 0.1) is 12.1 Å². The van der Waals surface area contributed by atoms with E-state index in [1.165, 1.54) is 12.1 Å². The number of alkyl halides is 3. The van der Waals surface area contributed by atoms with Crippen molar-refractivity contribution in [2.75, 3.05) is 18.4 Å². The van der Waals surface area contributed by atoms with Crippen LogP contribution in [0.2, 0.25) is 5.02 Å². The molecule has 0 aliphatic rings. The Hall–Kier alpha value is -2.21. The second kappa shape index (κ2) is 8.06. The largest absolute Gasteiger partial charge is 0.418 e. The Bertz CT molecular complexity index is 690. The minimum absolute atomic E-state index is 0.0137. The molecule has 24 heavy (non-hydrogen) atoms. The maximum absolute atomic E-state index is 12.9. The van der Waals surface area contributed by atoms with Crippen molar-refractivity contribution in [1.82, 2.24) is 5.32 Å². The van der Waals surface area contributed by atoms with Crippen molar-refractivity contribution in [3.8, 4) is 0 Å². The molecule has 0 fully saturated rings. The molecule has 2 N–H and O–H groups in total. The Morgan fingerprint density at radius 1 is 1.08 bits per heavy atom. The topological polar surface area (TPSA) is 41.1 Å². The molecule has 1 amide bonds. The van der Waals surface area contributed by atoms with Gasteiger partial charge in [0.2, 0.25) is 5.91 Å². The molecule has 2 aromatic carbocycles. The molecule has 0 aliphatic carbocycles. The van der Waals surface area contributed by atoms with Gasteiger partial charge >= 0.3 is 6.18 Å². The number of halogens is 4. The molecular formula is C17H16ClF3N2O. The van der Waals surface area contributed by atoms with Gasteiger partial charge in [-0.1, -0.05) is 41.9 Å². The predicted molar refractivity (Wildman–Crippen MR) is 88.1 cm³/mol. The molecule has 0 aromatic heterocycles. The van der Waals surface area contributed by atoms with Crippen molar-refractivity contribution in [3.63, 3.8) is 0 Å². The van der Waals surface area contributed by atoms with Crippen molar-refractivity contribution in [2.24, 2.45) is 0 Å². The quantitative estimate of drug-likeness (QED) is 0.817. The molecule has 2 aromatic rings. The summed E-state index contributed by atoms with van der Waals surface area (Å²) in [7, 11) is 0. The van der Waals surface area contributed by atoms with Gasteiger partial charge in [0.15, 0.2) is 0 Å². The first kappa shape index (κ1) is 18.1. The van der Waals surface area contributed by atoms with Gasteiger partial charge in [0.25, 0.3) is 0 Å². The summed E-state index contributed by atoms with van der Waals surface area (Å²) in [6.07, 6.45) is -3.89. The monoisotopic (exact) mass is 356 g/mol. The molecule has 0 aliphatic heterocycles. The fraction of sp³-hybridized carbons (Fsp3) is 0.235. The Kier molecular flexibility index (Phi) is 6.09. The van der Waals surface area contributed by atoms with Crippen LogP contribution in [0.5, 0.6) is 0 Å². The number of anilines is 1. The van der Waals surface area contributed by atoms with Crippen LogP contribution < -0.4 is 10.6 Å². The van der Waals surface area contributed by atoms with E-state index < -0.39 is 11.7 Å². The Balaban J connectivity index is 1.86. The van der Waals surface area contributed by atoms with Crippen molar-refractivity contribution in [3.05, 3.63) is 64.7 Å². The maximum Gasteiger partial charge on any atom is 0.418 e. The van der Waals surface area contributed by atoms with E-state index in [1.54, 1.807) is 0 Å². The molecule has 0 radical (unpaired) electrons. The molecule has 3 nitrogen and oxygen atoms in total. The zero-order chi connectivity index (χ0) is 17.6. The lowest BCUT2D eigenvalue weighted by atomic mass is 10.1. The first-order valence-electron chi connectivity index (χ1n) is 7.27. The van der Waals surface area contributed by atoms with Crippen LogP contribution in [0, 0.1) is 0 Å². The zero-order valence-electron chi connectivity index (χ0n) is 12.7. The summed E-state index contributed by atoms with van der Waals surface area (Å²) in [5.74, 6) is -0.381. The van der Waals surface area contributed by atoms with E-state index in [9.17, 15) is 18.0 Å². The van der Waals surface area contributed by atoms with Crippen LogP contribution in [0.1, 0.15) is 11.1 Å². The van der Waals surface area contributed by atoms with Crippen LogP contribution in [0.25, 0.3) is 0 Å². The van der Waals surface area contributed by atoms with E-state index in [4.69, 9.17) is 11.6 Å². The van der Waals surface area contributed by atoms with Gasteiger partial charge in [-0.05, 0) is 30.2 Å². The normalized spacial score (nSPS) is 11.2. The number of benzene rings is 2. The third-order valence-corrected chi connectivity index (χ3v) is 3.54. The second-order valence-corrected chi connectivity index (χ2v) is 5.56. The van der Waals surface area contributed by atoms with Crippen LogP contribution >= 0.6 is 11.6 Å². The van der Waals surface area contributed by atoms with Crippen molar-refractivity contribution < 1.29 is 18.0 Å². The first-order chi connectivity index (χ1) is 11.4. The highest BCUT2D eigenvalue weighted by atomic mass is 35.5. The van der Waals surface area contributed by atoms with Crippen LogP contribution in [-0.2, 0) is 17.4 Å². The number of hydrogen-bond donors (Lipinski definition) is 2. The maximum atomic E-state index is 12.9. The molecule has 7 heteroatoms. The minimum atomic E-state index is -4.54. The van der Waals surface area contributed by atoms with Gasteiger partial charge in [-0.15, -0.1) is 0 Å². The number of hydrogen-bond acceptors (Lipinski definition) is 2. The van der Waals surface area contributed by atoms with Gasteiger partial charge in [-0.25, -0.2) is 0 Å². The van der Waals surface area contributed by atoms with E-state index in [0.29, 0.717) is 13.0 Å². The standard InChI is InChI=1S/C17H16ClF3N2O/c18-13-6-7-15(14(10-13)17(19,20)21)23-11-16(24)22-9-8-12-4-2-1-3-5-12/h1-7,10,23H,8-9,11H2,(H,22,24). The molecule has 2 rings (SSSR count). The SMILES string of the molecule is O=C(CNc1ccc(Cl)cc1C(F)(F)F)NCCc1ccccc1. The summed E-state index contributed by atoms with van der Waals surface area (Å²) >= 11 is 5.61. The van der Waals surface area contributed by atoms with Crippen LogP contribution in [0.15, 0.2) is 48.5 Å². The number of carbonyl (C=O) groups excluding carboxylic acids is 1. The van der Waals surface area contributed by atoms with Crippen molar-refractivity contribution >= 4 is 23.2 Å². The summed E-state index contributed by atoms with van der Waals surface area (Å²) in [5, 5.41) is 5.15. The lowest BCUT2D eigenvalue weighted by molar-refractivity contribution is -0.137. The van der Waals surface area contributed by atoms with Gasteiger partial charge in [0.1, 0.15) is 0 Å². The fourth-order valence-electron chi connectivity index (χ4n) is 2.13. The van der Waals surface area contributed by atoms with Crippen molar-refractivity contribution in [1.29, 1.82) is 0 Å². The smallest absolute Gasteiger partial charge is 0.376 e. The van der Waals surface area contributed by atoms with Gasteiger partial charge in [0, 0.05) is 17.3 Å². The van der Waals surface area contributed by atoms with Gasteiger partial charge in [-0.2, -0.15) is 13.2 Å². The van der Waals surface area contributed by atoms with E-state index in [1.807, 2.05) is 30.3 Å². The third kappa shape index (κ3) is 5.45. The van der Waals surface area contributed by atoms with Crippen LogP contribution in [0.3, 0.4) is 0 Å². The van der Waals surface area contributed by atoms with E-state index in [-0.39, 0.29) is 23.2 Å². The molecular weight excluding hydrogens is 341 g/mol. The molecule has 0 atom stereocenters. The van der Waals surface area contributed by atoms with Gasteiger partial charge < -0.3 is 10.6 Å². The third-order valence-electron chi connectivity index (χ3n) is 3.31. The first-order valence-corrected chi connectivity index (χ1v) is 7.65. The molecule has 0 bridgehead atoms. The molecule has 0 unspecified atom stereocenters. The van der Waals surface area contributed by atoms with Gasteiger partial charge in [-0.3, -0.25) is 4.79 Å². The summed E-state index contributed by atoms with van der Waals surface area (Å²) in [6, 6.07) is 13.0. The molecule has 128 valence electrons. The van der Waals surface area contributed by atoms with E-state index in [2.05, 4.69) is 10.6 Å². The van der Waals surface area contributed by atoms with Crippen LogP contribution in [0.4, 0.5) is 18.9 Å². The lowest BCUT2D eigenvalue weighted by Gasteiger charge is -2.15. The lowest BCUT2D eigenvalue weighted by Crippen LogP contribution is -2.31. The van der Waals surface area contributed by atoms with E-state index >= 15 is 0 Å². The highest BCUT2D eigenvalue weighted by Gasteiger charge is 2.33. The Morgan fingerprint density at radius 3 is 2.46 bits per heavy atom. The van der Waals surface area contributed by atoms with Crippen molar-refractivity contribution in [2.45, 2.75) is 12.6 Å².